The molecule has 1 aromatic carbocycles. The third-order valence-corrected chi connectivity index (χ3v) is 4.95. The van der Waals surface area contributed by atoms with E-state index in [1.807, 2.05) is 25.7 Å². The van der Waals surface area contributed by atoms with Crippen molar-refractivity contribution in [2.45, 2.75) is 57.6 Å². The number of piperidine rings is 1. The molecule has 1 aliphatic carbocycles. The Labute approximate surface area is 145 Å². The van der Waals surface area contributed by atoms with Gasteiger partial charge in [-0.3, -0.25) is 0 Å². The lowest BCUT2D eigenvalue weighted by Gasteiger charge is -2.33. The lowest BCUT2D eigenvalue weighted by molar-refractivity contribution is 0.0184. The summed E-state index contributed by atoms with van der Waals surface area (Å²) < 4.78 is 5.46. The standard InChI is InChI=1S/C20H30N2O2/c1-20(2,3)24-19(23)22-11-9-15(10-12-22)14-21-18-13-17(18)16-7-5-4-6-8-16/h4-8,15,17-18,21H,9-14H2,1-3H3/t17?,18-/m1/s1. The molecule has 2 fully saturated rings. The molecule has 2 atom stereocenters. The van der Waals surface area contributed by atoms with Crippen molar-refractivity contribution in [1.29, 1.82) is 0 Å². The zero-order chi connectivity index (χ0) is 17.2. The van der Waals surface area contributed by atoms with Gasteiger partial charge in [-0.05, 0) is 58.1 Å². The fourth-order valence-electron chi connectivity index (χ4n) is 3.45. The first-order chi connectivity index (χ1) is 11.4. The second-order valence-electron chi connectivity index (χ2n) is 8.18. The summed E-state index contributed by atoms with van der Waals surface area (Å²) in [5.74, 6) is 1.36. The van der Waals surface area contributed by atoms with E-state index < -0.39 is 5.60 Å². The van der Waals surface area contributed by atoms with E-state index in [0.29, 0.717) is 17.9 Å². The molecule has 0 radical (unpaired) electrons. The van der Waals surface area contributed by atoms with Gasteiger partial charge in [0.25, 0.3) is 0 Å². The van der Waals surface area contributed by atoms with Gasteiger partial charge in [0.15, 0.2) is 0 Å². The van der Waals surface area contributed by atoms with Gasteiger partial charge in [0.2, 0.25) is 0 Å². The summed E-state index contributed by atoms with van der Waals surface area (Å²) in [5.41, 5.74) is 1.04. The molecular formula is C20H30N2O2. The maximum absolute atomic E-state index is 12.1. The Morgan fingerprint density at radius 2 is 1.88 bits per heavy atom. The molecule has 24 heavy (non-hydrogen) atoms. The van der Waals surface area contributed by atoms with Crippen LogP contribution in [0, 0.1) is 5.92 Å². The molecule has 4 heteroatoms. The number of nitrogens with one attached hydrogen (secondary N) is 1. The number of ether oxygens (including phenoxy) is 1. The first-order valence-corrected chi connectivity index (χ1v) is 9.18. The average molecular weight is 330 g/mol. The molecule has 0 bridgehead atoms. The van der Waals surface area contributed by atoms with Gasteiger partial charge in [-0.2, -0.15) is 0 Å². The average Bonchev–Trinajstić information content (AvgIpc) is 3.32. The van der Waals surface area contributed by atoms with Crippen LogP contribution in [0.25, 0.3) is 0 Å². The second-order valence-corrected chi connectivity index (χ2v) is 8.18. The molecule has 2 aliphatic rings. The van der Waals surface area contributed by atoms with Crippen molar-refractivity contribution in [3.05, 3.63) is 35.9 Å². The predicted octanol–water partition coefficient (Wildman–Crippen LogP) is 3.78. The second kappa shape index (κ2) is 7.14. The van der Waals surface area contributed by atoms with E-state index in [-0.39, 0.29) is 6.09 Å². The Morgan fingerprint density at radius 3 is 2.50 bits per heavy atom. The summed E-state index contributed by atoms with van der Waals surface area (Å²) in [6.07, 6.45) is 3.21. The Morgan fingerprint density at radius 1 is 1.21 bits per heavy atom. The summed E-state index contributed by atoms with van der Waals surface area (Å²) in [6, 6.07) is 11.4. The molecule has 3 rings (SSSR count). The Hall–Kier alpha value is -1.55. The molecule has 1 saturated carbocycles. The van der Waals surface area contributed by atoms with Crippen LogP contribution in [-0.2, 0) is 4.74 Å². The van der Waals surface area contributed by atoms with Gasteiger partial charge >= 0.3 is 6.09 Å². The van der Waals surface area contributed by atoms with Gasteiger partial charge in [0.05, 0.1) is 0 Å². The van der Waals surface area contributed by atoms with Gasteiger partial charge in [-0.25, -0.2) is 4.79 Å². The summed E-state index contributed by atoms with van der Waals surface area (Å²) in [5, 5.41) is 3.72. The maximum Gasteiger partial charge on any atom is 0.410 e. The van der Waals surface area contributed by atoms with Crippen molar-refractivity contribution in [1.82, 2.24) is 10.2 Å². The number of amides is 1. The first-order valence-electron chi connectivity index (χ1n) is 9.18. The number of hydrogen-bond donors (Lipinski definition) is 1. The monoisotopic (exact) mass is 330 g/mol. The number of rotatable bonds is 4. The van der Waals surface area contributed by atoms with Crippen molar-refractivity contribution in [2.75, 3.05) is 19.6 Å². The van der Waals surface area contributed by atoms with Crippen LogP contribution < -0.4 is 5.32 Å². The first kappa shape index (κ1) is 17.3. The minimum absolute atomic E-state index is 0.166. The highest BCUT2D eigenvalue weighted by molar-refractivity contribution is 5.68. The minimum Gasteiger partial charge on any atom is -0.444 e. The summed E-state index contributed by atoms with van der Waals surface area (Å²) in [4.78, 5) is 13.9. The van der Waals surface area contributed by atoms with Crippen LogP contribution in [-0.4, -0.2) is 42.3 Å². The lowest BCUT2D eigenvalue weighted by atomic mass is 9.97. The molecule has 1 heterocycles. The molecular weight excluding hydrogens is 300 g/mol. The van der Waals surface area contributed by atoms with Crippen molar-refractivity contribution in [3.63, 3.8) is 0 Å². The number of carbonyl (C=O) groups is 1. The minimum atomic E-state index is -0.409. The van der Waals surface area contributed by atoms with Crippen LogP contribution in [0.2, 0.25) is 0 Å². The quantitative estimate of drug-likeness (QED) is 0.913. The highest BCUT2D eigenvalue weighted by atomic mass is 16.6. The van der Waals surface area contributed by atoms with E-state index in [2.05, 4.69) is 35.6 Å². The number of carbonyl (C=O) groups excluding carboxylic acids is 1. The summed E-state index contributed by atoms with van der Waals surface area (Å²) in [7, 11) is 0. The van der Waals surface area contributed by atoms with Crippen LogP contribution in [0.15, 0.2) is 30.3 Å². The molecule has 1 amide bonds. The van der Waals surface area contributed by atoms with Gasteiger partial charge in [0.1, 0.15) is 5.60 Å². The van der Waals surface area contributed by atoms with Crippen LogP contribution in [0.3, 0.4) is 0 Å². The molecule has 1 N–H and O–H groups in total. The van der Waals surface area contributed by atoms with E-state index in [9.17, 15) is 4.79 Å². The third-order valence-electron chi connectivity index (χ3n) is 4.95. The molecule has 1 aromatic rings. The van der Waals surface area contributed by atoms with Crippen LogP contribution in [0.1, 0.15) is 51.5 Å². The van der Waals surface area contributed by atoms with Gasteiger partial charge < -0.3 is 15.0 Å². The molecule has 4 nitrogen and oxygen atoms in total. The van der Waals surface area contributed by atoms with Crippen molar-refractivity contribution in [3.8, 4) is 0 Å². The largest absolute Gasteiger partial charge is 0.444 e. The summed E-state index contributed by atoms with van der Waals surface area (Å²) in [6.45, 7) is 8.44. The van der Waals surface area contributed by atoms with Crippen LogP contribution >= 0.6 is 0 Å². The van der Waals surface area contributed by atoms with Crippen LogP contribution in [0.5, 0.6) is 0 Å². The van der Waals surface area contributed by atoms with Crippen LogP contribution in [0.4, 0.5) is 4.79 Å². The van der Waals surface area contributed by atoms with E-state index in [0.717, 1.165) is 32.5 Å². The Bertz CT molecular complexity index is 545. The molecule has 132 valence electrons. The number of benzene rings is 1. The van der Waals surface area contributed by atoms with Gasteiger partial charge in [-0.15, -0.1) is 0 Å². The Balaban J connectivity index is 1.36. The topological polar surface area (TPSA) is 41.6 Å². The SMILES string of the molecule is CC(C)(C)OC(=O)N1CCC(CN[C@@H]2CC2c2ccccc2)CC1. The zero-order valence-electron chi connectivity index (χ0n) is 15.1. The number of hydrogen-bond acceptors (Lipinski definition) is 3. The van der Waals surface area contributed by atoms with Gasteiger partial charge in [-0.1, -0.05) is 30.3 Å². The maximum atomic E-state index is 12.1. The van der Waals surface area contributed by atoms with Crippen molar-refractivity contribution >= 4 is 6.09 Å². The van der Waals surface area contributed by atoms with E-state index in [1.54, 1.807) is 0 Å². The van der Waals surface area contributed by atoms with E-state index in [4.69, 9.17) is 4.74 Å². The fraction of sp³-hybridized carbons (Fsp3) is 0.650. The van der Waals surface area contributed by atoms with Crippen molar-refractivity contribution in [2.24, 2.45) is 5.92 Å². The van der Waals surface area contributed by atoms with Crippen molar-refractivity contribution < 1.29 is 9.53 Å². The van der Waals surface area contributed by atoms with E-state index in [1.165, 1.54) is 12.0 Å². The van der Waals surface area contributed by atoms with E-state index >= 15 is 0 Å². The summed E-state index contributed by atoms with van der Waals surface area (Å²) >= 11 is 0. The predicted molar refractivity (Wildman–Crippen MR) is 96.1 cm³/mol. The fourth-order valence-corrected chi connectivity index (χ4v) is 3.45. The molecule has 0 aromatic heterocycles. The smallest absolute Gasteiger partial charge is 0.410 e. The molecule has 0 spiro atoms. The lowest BCUT2D eigenvalue weighted by Crippen LogP contribution is -2.43. The normalized spacial score (nSPS) is 24.7. The molecule has 1 unspecified atom stereocenters. The highest BCUT2D eigenvalue weighted by Crippen LogP contribution is 2.40. The molecule has 1 aliphatic heterocycles. The Kier molecular flexibility index (Phi) is 5.14. The third kappa shape index (κ3) is 4.73. The molecule has 1 saturated heterocycles. The van der Waals surface area contributed by atoms with Gasteiger partial charge in [0, 0.05) is 25.0 Å². The zero-order valence-corrected chi connectivity index (χ0v) is 15.1. The highest BCUT2D eigenvalue weighted by Gasteiger charge is 2.38. The number of nitrogens with zero attached hydrogens (tertiary/aromatic N) is 1. The number of likely N-dealkylation sites (tertiary alicyclic amines) is 1.